The lowest BCUT2D eigenvalue weighted by Gasteiger charge is -2.34. The molecule has 1 fully saturated rings. The summed E-state index contributed by atoms with van der Waals surface area (Å²) in [5.74, 6) is 0. The Morgan fingerprint density at radius 2 is 0.718 bits per heavy atom. The Hall–Kier alpha value is -2.79. The van der Waals surface area contributed by atoms with Gasteiger partial charge >= 0.3 is 0 Å². The van der Waals surface area contributed by atoms with Crippen LogP contribution in [0.3, 0.4) is 0 Å². The van der Waals surface area contributed by atoms with E-state index in [2.05, 4.69) is 157 Å². The molecule has 0 unspecified atom stereocenters. The Balaban J connectivity index is 0.00000308. The van der Waals surface area contributed by atoms with E-state index in [0.717, 1.165) is 19.6 Å². The number of benzene rings is 5. The van der Waals surface area contributed by atoms with Gasteiger partial charge in [-0.25, -0.2) is 0 Å². The third kappa shape index (κ3) is 6.51. The van der Waals surface area contributed by atoms with Gasteiger partial charge in [-0.1, -0.05) is 152 Å². The van der Waals surface area contributed by atoms with Crippen LogP contribution in [0.5, 0.6) is 0 Å². The van der Waals surface area contributed by atoms with Crippen LogP contribution in [0.15, 0.2) is 152 Å². The Morgan fingerprint density at radius 3 is 1.03 bits per heavy atom. The first-order valence-corrected chi connectivity index (χ1v) is 16.2. The van der Waals surface area contributed by atoms with Gasteiger partial charge in [0.25, 0.3) is 0 Å². The van der Waals surface area contributed by atoms with Crippen LogP contribution in [-0.2, 0) is 6.54 Å². The maximum absolute atomic E-state index is 2.73. The zero-order valence-corrected chi connectivity index (χ0v) is 24.6. The minimum atomic E-state index is -0.531. The predicted octanol–water partition coefficient (Wildman–Crippen LogP) is 6.93. The summed E-state index contributed by atoms with van der Waals surface area (Å²) in [6.07, 6.45) is 0. The molecule has 2 atom stereocenters. The minimum absolute atomic E-state index is 0. The lowest BCUT2D eigenvalue weighted by atomic mass is 10.2. The molecule has 0 amide bonds. The first-order chi connectivity index (χ1) is 18.9. The molecule has 1 aliphatic rings. The van der Waals surface area contributed by atoms with Crippen LogP contribution in [0, 0.1) is 0 Å². The molecular formula is C35H34ClNP2. The summed E-state index contributed by atoms with van der Waals surface area (Å²) in [6, 6.07) is 56.3. The van der Waals surface area contributed by atoms with Gasteiger partial charge in [0.05, 0.1) is 0 Å². The van der Waals surface area contributed by atoms with Crippen LogP contribution >= 0.6 is 28.3 Å². The van der Waals surface area contributed by atoms with Gasteiger partial charge < -0.3 is 0 Å². The van der Waals surface area contributed by atoms with Crippen LogP contribution in [0.25, 0.3) is 0 Å². The van der Waals surface area contributed by atoms with Crippen molar-refractivity contribution < 1.29 is 0 Å². The van der Waals surface area contributed by atoms with Gasteiger partial charge in [-0.3, -0.25) is 4.90 Å². The van der Waals surface area contributed by atoms with Crippen molar-refractivity contribution in [2.45, 2.75) is 17.9 Å². The zero-order valence-electron chi connectivity index (χ0n) is 22.0. The highest BCUT2D eigenvalue weighted by Crippen LogP contribution is 2.54. The van der Waals surface area contributed by atoms with E-state index < -0.39 is 15.8 Å². The topological polar surface area (TPSA) is 3.24 Å². The SMILES string of the molecule is Cl.c1ccc(CN2C[C@@H](P(c3ccccc3)c3ccccc3)[C@H](P(c3ccccc3)c3ccccc3)C2)cc1. The van der Waals surface area contributed by atoms with Gasteiger partial charge in [0, 0.05) is 31.0 Å². The van der Waals surface area contributed by atoms with E-state index >= 15 is 0 Å². The highest BCUT2D eigenvalue weighted by Gasteiger charge is 2.43. The van der Waals surface area contributed by atoms with E-state index in [4.69, 9.17) is 0 Å². The van der Waals surface area contributed by atoms with Crippen molar-refractivity contribution in [1.29, 1.82) is 0 Å². The third-order valence-corrected chi connectivity index (χ3v) is 13.4. The Morgan fingerprint density at radius 1 is 0.436 bits per heavy atom. The molecule has 0 N–H and O–H groups in total. The predicted molar refractivity (Wildman–Crippen MR) is 175 cm³/mol. The highest BCUT2D eigenvalue weighted by molar-refractivity contribution is 7.77. The number of nitrogens with zero attached hydrogens (tertiary/aromatic N) is 1. The Kier molecular flexibility index (Phi) is 9.62. The van der Waals surface area contributed by atoms with E-state index in [1.807, 2.05) is 0 Å². The molecule has 0 spiro atoms. The van der Waals surface area contributed by atoms with Crippen molar-refractivity contribution in [2.24, 2.45) is 0 Å². The fourth-order valence-electron chi connectivity index (χ4n) is 5.74. The molecule has 0 radical (unpaired) electrons. The van der Waals surface area contributed by atoms with Gasteiger partial charge in [-0.2, -0.15) is 0 Å². The van der Waals surface area contributed by atoms with Gasteiger partial charge in [0.2, 0.25) is 0 Å². The van der Waals surface area contributed by atoms with Crippen molar-refractivity contribution in [3.63, 3.8) is 0 Å². The zero-order chi connectivity index (χ0) is 25.6. The summed E-state index contributed by atoms with van der Waals surface area (Å²) in [5.41, 5.74) is 2.52. The van der Waals surface area contributed by atoms with Crippen molar-refractivity contribution >= 4 is 49.5 Å². The molecule has 0 aliphatic carbocycles. The van der Waals surface area contributed by atoms with E-state index in [1.165, 1.54) is 26.8 Å². The number of rotatable bonds is 8. The second kappa shape index (κ2) is 13.5. The number of halogens is 1. The minimum Gasteiger partial charge on any atom is -0.298 e. The first-order valence-electron chi connectivity index (χ1n) is 13.4. The molecule has 1 nitrogen and oxygen atoms in total. The van der Waals surface area contributed by atoms with Gasteiger partial charge in [-0.05, 0) is 42.6 Å². The largest absolute Gasteiger partial charge is 0.298 e. The van der Waals surface area contributed by atoms with Crippen molar-refractivity contribution in [1.82, 2.24) is 4.90 Å². The van der Waals surface area contributed by atoms with Crippen molar-refractivity contribution in [2.75, 3.05) is 13.1 Å². The molecule has 5 aromatic carbocycles. The fraction of sp³-hybridized carbons (Fsp3) is 0.143. The summed E-state index contributed by atoms with van der Waals surface area (Å²) in [7, 11) is -1.06. The lowest BCUT2D eigenvalue weighted by Crippen LogP contribution is -2.34. The first kappa shape index (κ1) is 27.8. The van der Waals surface area contributed by atoms with Crippen LogP contribution in [-0.4, -0.2) is 29.3 Å². The summed E-state index contributed by atoms with van der Waals surface area (Å²) >= 11 is 0. The average molecular weight is 566 g/mol. The van der Waals surface area contributed by atoms with Gasteiger partial charge in [-0.15, -0.1) is 12.4 Å². The maximum atomic E-state index is 2.73. The molecule has 4 heteroatoms. The molecule has 1 aliphatic heterocycles. The van der Waals surface area contributed by atoms with E-state index in [0.29, 0.717) is 11.3 Å². The highest BCUT2D eigenvalue weighted by atomic mass is 35.5. The molecule has 5 aromatic rings. The molecule has 39 heavy (non-hydrogen) atoms. The molecule has 0 bridgehead atoms. The second-order valence-electron chi connectivity index (χ2n) is 9.90. The molecule has 1 heterocycles. The summed E-state index contributed by atoms with van der Waals surface area (Å²) in [6.45, 7) is 3.24. The van der Waals surface area contributed by atoms with Crippen LogP contribution in [0.2, 0.25) is 0 Å². The molecular weight excluding hydrogens is 532 g/mol. The van der Waals surface area contributed by atoms with E-state index in [-0.39, 0.29) is 12.4 Å². The summed E-state index contributed by atoms with van der Waals surface area (Å²) < 4.78 is 0. The number of hydrogen-bond donors (Lipinski definition) is 0. The molecule has 0 aromatic heterocycles. The number of likely N-dealkylation sites (tertiary alicyclic amines) is 1. The fourth-order valence-corrected chi connectivity index (χ4v) is 12.3. The van der Waals surface area contributed by atoms with Crippen molar-refractivity contribution in [3.05, 3.63) is 157 Å². The average Bonchev–Trinajstić information content (AvgIpc) is 3.38. The second-order valence-corrected chi connectivity index (χ2v) is 14.8. The normalized spacial score (nSPS) is 17.3. The van der Waals surface area contributed by atoms with Gasteiger partial charge in [0.1, 0.15) is 0 Å². The maximum Gasteiger partial charge on any atom is 0.0234 e. The number of hydrogen-bond acceptors (Lipinski definition) is 1. The van der Waals surface area contributed by atoms with Gasteiger partial charge in [0.15, 0.2) is 0 Å². The van der Waals surface area contributed by atoms with Crippen LogP contribution in [0.1, 0.15) is 5.56 Å². The molecule has 196 valence electrons. The third-order valence-electron chi connectivity index (χ3n) is 7.38. The monoisotopic (exact) mass is 565 g/mol. The van der Waals surface area contributed by atoms with E-state index in [1.54, 1.807) is 0 Å². The van der Waals surface area contributed by atoms with Crippen LogP contribution in [0.4, 0.5) is 0 Å². The Labute approximate surface area is 241 Å². The smallest absolute Gasteiger partial charge is 0.0234 e. The lowest BCUT2D eigenvalue weighted by molar-refractivity contribution is 0.333. The quantitative estimate of drug-likeness (QED) is 0.184. The molecule has 0 saturated carbocycles. The summed E-state index contributed by atoms with van der Waals surface area (Å²) in [5, 5.41) is 5.95. The van der Waals surface area contributed by atoms with Crippen molar-refractivity contribution in [3.8, 4) is 0 Å². The molecule has 1 saturated heterocycles. The Bertz CT molecular complexity index is 1230. The van der Waals surface area contributed by atoms with E-state index in [9.17, 15) is 0 Å². The van der Waals surface area contributed by atoms with Crippen LogP contribution < -0.4 is 21.2 Å². The molecule has 6 rings (SSSR count). The standard InChI is InChI=1S/C35H33NP2.ClH/c1-6-16-29(17-7-1)26-36-27-34(37(30-18-8-2-9-19-30)31-20-10-3-11-21-31)35(28-36)38(32-22-12-4-13-23-32)33-24-14-5-15-25-33;/h1-25,34-35H,26-28H2;1H/t34-,35-;/m1./s1. The summed E-state index contributed by atoms with van der Waals surface area (Å²) in [4.78, 5) is 2.73.